The Kier molecular flexibility index (Phi) is 5.15. The maximum atomic E-state index is 13.4. The van der Waals surface area contributed by atoms with E-state index in [1.54, 1.807) is 17.3 Å². The first kappa shape index (κ1) is 21.3. The number of nitrogens with zero attached hydrogens (tertiary/aromatic N) is 2. The summed E-state index contributed by atoms with van der Waals surface area (Å²) in [5.41, 5.74) is 5.61. The lowest BCUT2D eigenvalue weighted by atomic mass is 9.76. The van der Waals surface area contributed by atoms with Crippen LogP contribution in [0.2, 0.25) is 0 Å². The fourth-order valence-electron chi connectivity index (χ4n) is 6.11. The van der Waals surface area contributed by atoms with Crippen LogP contribution < -0.4 is 0 Å². The fourth-order valence-corrected chi connectivity index (χ4v) is 6.11. The molecule has 6 heteroatoms. The minimum absolute atomic E-state index is 0.0206. The Morgan fingerprint density at radius 2 is 1.68 bits per heavy atom. The SMILES string of the molecule is Cc1ccncc1C1(O)CC2COCC(C1)N2C(=O)OCC1c2ccccc2-c2ccccc21. The summed E-state index contributed by atoms with van der Waals surface area (Å²) in [4.78, 5) is 19.4. The zero-order valence-corrected chi connectivity index (χ0v) is 19.2. The first-order chi connectivity index (χ1) is 16.5. The Morgan fingerprint density at radius 1 is 1.06 bits per heavy atom. The van der Waals surface area contributed by atoms with E-state index in [2.05, 4.69) is 29.2 Å². The zero-order chi connectivity index (χ0) is 23.3. The predicted molar refractivity (Wildman–Crippen MR) is 127 cm³/mol. The van der Waals surface area contributed by atoms with Crippen molar-refractivity contribution in [1.82, 2.24) is 9.88 Å². The third kappa shape index (κ3) is 3.40. The number of hydrogen-bond acceptors (Lipinski definition) is 5. The van der Waals surface area contributed by atoms with Gasteiger partial charge in [-0.05, 0) is 40.8 Å². The molecule has 2 atom stereocenters. The lowest BCUT2D eigenvalue weighted by Crippen LogP contribution is -2.62. The summed E-state index contributed by atoms with van der Waals surface area (Å²) in [7, 11) is 0. The molecule has 1 amide bonds. The van der Waals surface area contributed by atoms with Gasteiger partial charge in [0.05, 0.1) is 30.9 Å². The number of aromatic nitrogens is 1. The zero-order valence-electron chi connectivity index (χ0n) is 19.2. The Bertz CT molecular complexity index is 1180. The molecule has 1 aromatic heterocycles. The number of piperidine rings is 1. The standard InChI is InChI=1S/C28H28N2O4/c1-18-10-11-29-14-26(18)28(32)12-19-15-33-16-20(13-28)30(19)27(31)34-17-25-23-8-4-2-6-21(23)22-7-3-5-9-24(22)25/h2-11,14,19-20,25,32H,12-13,15-17H2,1H3. The number of aryl methyl sites for hydroxylation is 1. The molecule has 2 aromatic carbocycles. The van der Waals surface area contributed by atoms with Crippen LogP contribution in [0.1, 0.15) is 41.0 Å². The largest absolute Gasteiger partial charge is 0.448 e. The van der Waals surface area contributed by atoms with Gasteiger partial charge in [-0.3, -0.25) is 9.88 Å². The van der Waals surface area contributed by atoms with Crippen molar-refractivity contribution >= 4 is 6.09 Å². The molecule has 3 aliphatic rings. The Labute approximate surface area is 199 Å². The third-order valence-corrected chi connectivity index (χ3v) is 7.64. The number of hydrogen-bond donors (Lipinski definition) is 1. The highest BCUT2D eigenvalue weighted by Gasteiger charge is 2.50. The van der Waals surface area contributed by atoms with Gasteiger partial charge in [0, 0.05) is 36.7 Å². The molecule has 2 fully saturated rings. The van der Waals surface area contributed by atoms with Crippen LogP contribution in [0.3, 0.4) is 0 Å². The first-order valence-corrected chi connectivity index (χ1v) is 11.9. The number of carbonyl (C=O) groups excluding carboxylic acids is 1. The van der Waals surface area contributed by atoms with Gasteiger partial charge in [0.1, 0.15) is 6.61 Å². The number of ether oxygens (including phenoxy) is 2. The highest BCUT2D eigenvalue weighted by Crippen LogP contribution is 2.45. The van der Waals surface area contributed by atoms with Crippen molar-refractivity contribution in [3.63, 3.8) is 0 Å². The van der Waals surface area contributed by atoms with Crippen molar-refractivity contribution < 1.29 is 19.4 Å². The molecular formula is C28H28N2O4. The van der Waals surface area contributed by atoms with Crippen molar-refractivity contribution in [2.45, 2.75) is 43.4 Å². The van der Waals surface area contributed by atoms with Crippen LogP contribution in [-0.4, -0.2) is 53.0 Å². The van der Waals surface area contributed by atoms with Crippen LogP contribution in [0.25, 0.3) is 11.1 Å². The van der Waals surface area contributed by atoms with Crippen LogP contribution in [0.15, 0.2) is 67.0 Å². The second-order valence-electron chi connectivity index (χ2n) is 9.69. The van der Waals surface area contributed by atoms with Gasteiger partial charge in [-0.15, -0.1) is 0 Å². The number of carbonyl (C=O) groups is 1. The maximum Gasteiger partial charge on any atom is 0.410 e. The normalized spacial score (nSPS) is 25.5. The molecule has 6 rings (SSSR count). The van der Waals surface area contributed by atoms with Crippen molar-refractivity contribution in [3.8, 4) is 11.1 Å². The van der Waals surface area contributed by atoms with Crippen molar-refractivity contribution in [1.29, 1.82) is 0 Å². The molecule has 34 heavy (non-hydrogen) atoms. The molecule has 2 aliphatic heterocycles. The van der Waals surface area contributed by atoms with Gasteiger partial charge in [-0.25, -0.2) is 4.79 Å². The van der Waals surface area contributed by atoms with E-state index in [1.165, 1.54) is 22.3 Å². The van der Waals surface area contributed by atoms with Crippen LogP contribution >= 0.6 is 0 Å². The highest BCUT2D eigenvalue weighted by atomic mass is 16.6. The van der Waals surface area contributed by atoms with Crippen LogP contribution in [0.4, 0.5) is 4.79 Å². The van der Waals surface area contributed by atoms with E-state index in [-0.39, 0.29) is 30.7 Å². The average Bonchev–Trinajstić information content (AvgIpc) is 3.16. The second-order valence-corrected chi connectivity index (χ2v) is 9.69. The van der Waals surface area contributed by atoms with Crippen LogP contribution in [-0.2, 0) is 15.1 Å². The smallest absolute Gasteiger partial charge is 0.410 e. The monoisotopic (exact) mass is 456 g/mol. The molecule has 1 N–H and O–H groups in total. The van der Waals surface area contributed by atoms with Crippen molar-refractivity contribution in [2.75, 3.05) is 19.8 Å². The molecule has 0 spiro atoms. The third-order valence-electron chi connectivity index (χ3n) is 7.64. The van der Waals surface area contributed by atoms with E-state index in [4.69, 9.17) is 9.47 Å². The molecule has 1 aliphatic carbocycles. The summed E-state index contributed by atoms with van der Waals surface area (Å²) in [6.07, 6.45) is 3.96. The molecule has 2 unspecified atom stereocenters. The number of pyridine rings is 1. The van der Waals surface area contributed by atoms with E-state index >= 15 is 0 Å². The van der Waals surface area contributed by atoms with Gasteiger partial charge in [-0.2, -0.15) is 0 Å². The van der Waals surface area contributed by atoms with E-state index in [1.807, 2.05) is 37.3 Å². The minimum atomic E-state index is -1.03. The first-order valence-electron chi connectivity index (χ1n) is 11.9. The summed E-state index contributed by atoms with van der Waals surface area (Å²) in [5, 5.41) is 11.6. The number of amides is 1. The number of morpholine rings is 1. The molecule has 0 radical (unpaired) electrons. The quantitative estimate of drug-likeness (QED) is 0.633. The number of rotatable bonds is 3. The highest BCUT2D eigenvalue weighted by molar-refractivity contribution is 5.79. The molecule has 3 aromatic rings. The molecule has 2 bridgehead atoms. The lowest BCUT2D eigenvalue weighted by Gasteiger charge is -2.51. The molecule has 2 saturated heterocycles. The fraction of sp³-hybridized carbons (Fsp3) is 0.357. The van der Waals surface area contributed by atoms with Gasteiger partial charge in [0.15, 0.2) is 0 Å². The molecular weight excluding hydrogens is 428 g/mol. The Hall–Kier alpha value is -3.22. The summed E-state index contributed by atoms with van der Waals surface area (Å²) >= 11 is 0. The summed E-state index contributed by atoms with van der Waals surface area (Å²) in [5.74, 6) is 0.0206. The van der Waals surface area contributed by atoms with Crippen LogP contribution in [0.5, 0.6) is 0 Å². The average molecular weight is 457 g/mol. The van der Waals surface area contributed by atoms with Gasteiger partial charge >= 0.3 is 6.09 Å². The minimum Gasteiger partial charge on any atom is -0.448 e. The lowest BCUT2D eigenvalue weighted by molar-refractivity contribution is -0.136. The molecule has 6 nitrogen and oxygen atoms in total. The maximum absolute atomic E-state index is 13.4. The second kappa shape index (κ2) is 8.22. The van der Waals surface area contributed by atoms with Crippen LogP contribution in [0, 0.1) is 6.92 Å². The molecule has 174 valence electrons. The predicted octanol–water partition coefficient (Wildman–Crippen LogP) is 4.39. The van der Waals surface area contributed by atoms with Gasteiger partial charge in [0.25, 0.3) is 0 Å². The molecule has 3 heterocycles. The van der Waals surface area contributed by atoms with Gasteiger partial charge in [0.2, 0.25) is 0 Å². The van der Waals surface area contributed by atoms with Crippen molar-refractivity contribution in [3.05, 3.63) is 89.2 Å². The topological polar surface area (TPSA) is 71.9 Å². The Balaban J connectivity index is 1.21. The summed E-state index contributed by atoms with van der Waals surface area (Å²) in [6.45, 7) is 3.06. The number of aliphatic hydroxyl groups is 1. The van der Waals surface area contributed by atoms with E-state index in [0.717, 1.165) is 11.1 Å². The summed E-state index contributed by atoms with van der Waals surface area (Å²) < 4.78 is 11.7. The van der Waals surface area contributed by atoms with E-state index in [0.29, 0.717) is 26.1 Å². The van der Waals surface area contributed by atoms with Crippen molar-refractivity contribution in [2.24, 2.45) is 0 Å². The van der Waals surface area contributed by atoms with E-state index < -0.39 is 5.60 Å². The number of fused-ring (bicyclic) bond motifs is 5. The van der Waals surface area contributed by atoms with Gasteiger partial charge < -0.3 is 14.6 Å². The molecule has 0 saturated carbocycles. The van der Waals surface area contributed by atoms with Gasteiger partial charge in [-0.1, -0.05) is 48.5 Å². The Morgan fingerprint density at radius 3 is 2.29 bits per heavy atom. The summed E-state index contributed by atoms with van der Waals surface area (Å²) in [6, 6.07) is 18.1. The van der Waals surface area contributed by atoms with E-state index in [9.17, 15) is 9.90 Å². The number of benzene rings is 2.